The highest BCUT2D eigenvalue weighted by molar-refractivity contribution is 5.93. The van der Waals surface area contributed by atoms with Crippen LogP contribution in [0.15, 0.2) is 18.3 Å². The van der Waals surface area contributed by atoms with E-state index < -0.39 is 24.0 Å². The van der Waals surface area contributed by atoms with Crippen LogP contribution in [0, 0.1) is 0 Å². The number of rotatable bonds is 2. The van der Waals surface area contributed by atoms with E-state index in [-0.39, 0.29) is 11.2 Å². The third-order valence-electron chi connectivity index (χ3n) is 2.07. The quantitative estimate of drug-likeness (QED) is 0.849. The topological polar surface area (TPSA) is 96.6 Å². The Kier molecular flexibility index (Phi) is 2.85. The van der Waals surface area contributed by atoms with Crippen molar-refractivity contribution in [2.75, 3.05) is 5.32 Å². The Morgan fingerprint density at radius 2 is 2.05 bits per heavy atom. The van der Waals surface area contributed by atoms with Gasteiger partial charge in [-0.2, -0.15) is 18.2 Å². The number of alkyl halides is 3. The largest absolute Gasteiger partial charge is 0.478 e. The molecule has 100 valence electrons. The maximum Gasteiger partial charge on any atom is 0.471 e. The molecular formula is C9H5F3N4O3. The van der Waals surface area contributed by atoms with Crippen molar-refractivity contribution in [3.8, 4) is 0 Å². The van der Waals surface area contributed by atoms with Gasteiger partial charge >= 0.3 is 18.1 Å². The molecule has 0 spiro atoms. The summed E-state index contributed by atoms with van der Waals surface area (Å²) in [5, 5.41) is 13.7. The number of halogens is 3. The second-order valence-electron chi connectivity index (χ2n) is 3.41. The molecule has 0 unspecified atom stereocenters. The lowest BCUT2D eigenvalue weighted by atomic mass is 10.3. The van der Waals surface area contributed by atoms with Crippen LogP contribution in [0.3, 0.4) is 0 Å². The lowest BCUT2D eigenvalue weighted by molar-refractivity contribution is -0.167. The molecule has 10 heteroatoms. The molecule has 2 aromatic heterocycles. The standard InChI is InChI=1S/C9H5F3N4O3/c10-9(11,12)7(19)14-8-13-5-3-4(6(17)18)1-2-16(5)15-8/h1-3H,(H,17,18)(H,14,15,19). The minimum absolute atomic E-state index is 0.00243. The molecule has 0 atom stereocenters. The zero-order chi connectivity index (χ0) is 14.2. The highest BCUT2D eigenvalue weighted by Crippen LogP contribution is 2.17. The third kappa shape index (κ3) is 2.61. The van der Waals surface area contributed by atoms with Crippen LogP contribution < -0.4 is 5.32 Å². The molecule has 0 saturated heterocycles. The summed E-state index contributed by atoms with van der Waals surface area (Å²) in [4.78, 5) is 24.9. The van der Waals surface area contributed by atoms with Gasteiger partial charge < -0.3 is 5.11 Å². The summed E-state index contributed by atoms with van der Waals surface area (Å²) in [6.07, 6.45) is -3.85. The van der Waals surface area contributed by atoms with Crippen molar-refractivity contribution in [1.29, 1.82) is 0 Å². The molecule has 0 aliphatic carbocycles. The van der Waals surface area contributed by atoms with E-state index in [2.05, 4.69) is 10.1 Å². The average molecular weight is 274 g/mol. The van der Waals surface area contributed by atoms with Gasteiger partial charge in [0.2, 0.25) is 5.95 Å². The lowest BCUT2D eigenvalue weighted by Gasteiger charge is -2.03. The number of carboxylic acid groups (broad SMARTS) is 1. The Morgan fingerprint density at radius 1 is 1.37 bits per heavy atom. The summed E-state index contributed by atoms with van der Waals surface area (Å²) < 4.78 is 37.1. The summed E-state index contributed by atoms with van der Waals surface area (Å²) in [6, 6.07) is 2.30. The first-order valence-corrected chi connectivity index (χ1v) is 4.75. The molecule has 0 bridgehead atoms. The minimum Gasteiger partial charge on any atom is -0.478 e. The minimum atomic E-state index is -5.05. The number of carboxylic acids is 1. The highest BCUT2D eigenvalue weighted by atomic mass is 19.4. The smallest absolute Gasteiger partial charge is 0.471 e. The Labute approximate surface area is 102 Å². The van der Waals surface area contributed by atoms with Crippen molar-refractivity contribution in [2.24, 2.45) is 0 Å². The molecule has 0 saturated carbocycles. The number of carbonyl (C=O) groups is 2. The SMILES string of the molecule is O=C(O)c1ccn2nc(NC(=O)C(F)(F)F)nc2c1. The predicted molar refractivity (Wildman–Crippen MR) is 54.6 cm³/mol. The van der Waals surface area contributed by atoms with Crippen LogP contribution in [-0.4, -0.2) is 37.8 Å². The van der Waals surface area contributed by atoms with Crippen molar-refractivity contribution < 1.29 is 27.9 Å². The molecular weight excluding hydrogens is 269 g/mol. The number of fused-ring (bicyclic) bond motifs is 1. The summed E-state index contributed by atoms with van der Waals surface area (Å²) in [5.74, 6) is -3.99. The van der Waals surface area contributed by atoms with Crippen LogP contribution in [0.2, 0.25) is 0 Å². The van der Waals surface area contributed by atoms with Crippen LogP contribution in [0.25, 0.3) is 5.65 Å². The Morgan fingerprint density at radius 3 is 2.63 bits per heavy atom. The van der Waals surface area contributed by atoms with E-state index in [1.54, 1.807) is 0 Å². The molecule has 1 amide bonds. The van der Waals surface area contributed by atoms with Crippen molar-refractivity contribution >= 4 is 23.5 Å². The monoisotopic (exact) mass is 274 g/mol. The molecule has 2 heterocycles. The normalized spacial score (nSPS) is 11.5. The van der Waals surface area contributed by atoms with E-state index in [4.69, 9.17) is 5.11 Å². The lowest BCUT2D eigenvalue weighted by Crippen LogP contribution is -2.30. The number of aromatic carboxylic acids is 1. The highest BCUT2D eigenvalue weighted by Gasteiger charge is 2.39. The molecule has 0 radical (unpaired) electrons. The Hall–Kier alpha value is -2.65. The number of pyridine rings is 1. The second-order valence-corrected chi connectivity index (χ2v) is 3.41. The molecule has 2 aromatic rings. The van der Waals surface area contributed by atoms with Gasteiger partial charge in [0.1, 0.15) is 0 Å². The van der Waals surface area contributed by atoms with E-state index in [0.29, 0.717) is 0 Å². The summed E-state index contributed by atoms with van der Waals surface area (Å²) in [5.41, 5.74) is -0.106. The number of hydrogen-bond donors (Lipinski definition) is 2. The maximum absolute atomic E-state index is 12.0. The van der Waals surface area contributed by atoms with Gasteiger partial charge in [0.05, 0.1) is 5.56 Å². The van der Waals surface area contributed by atoms with E-state index >= 15 is 0 Å². The van der Waals surface area contributed by atoms with Gasteiger partial charge in [0.15, 0.2) is 5.65 Å². The van der Waals surface area contributed by atoms with Gasteiger partial charge in [-0.1, -0.05) is 0 Å². The molecule has 2 rings (SSSR count). The number of hydrogen-bond acceptors (Lipinski definition) is 4. The maximum atomic E-state index is 12.0. The van der Waals surface area contributed by atoms with E-state index in [1.165, 1.54) is 17.6 Å². The number of anilines is 1. The molecule has 0 aliphatic rings. The van der Waals surface area contributed by atoms with Crippen LogP contribution in [-0.2, 0) is 4.79 Å². The van der Waals surface area contributed by atoms with Crippen molar-refractivity contribution in [3.05, 3.63) is 23.9 Å². The molecule has 0 aromatic carbocycles. The van der Waals surface area contributed by atoms with Gasteiger partial charge in [0.25, 0.3) is 0 Å². The molecule has 0 aliphatic heterocycles. The van der Waals surface area contributed by atoms with Gasteiger partial charge in [-0.05, 0) is 12.1 Å². The van der Waals surface area contributed by atoms with E-state index in [9.17, 15) is 22.8 Å². The summed E-state index contributed by atoms with van der Waals surface area (Å²) in [7, 11) is 0. The predicted octanol–water partition coefficient (Wildman–Crippen LogP) is 0.928. The van der Waals surface area contributed by atoms with Gasteiger partial charge in [0, 0.05) is 6.20 Å². The summed E-state index contributed by atoms with van der Waals surface area (Å²) in [6.45, 7) is 0. The van der Waals surface area contributed by atoms with Crippen LogP contribution in [0.1, 0.15) is 10.4 Å². The zero-order valence-corrected chi connectivity index (χ0v) is 8.97. The first kappa shape index (κ1) is 12.8. The number of nitrogens with one attached hydrogen (secondary N) is 1. The summed E-state index contributed by atoms with van der Waals surface area (Å²) >= 11 is 0. The Balaban J connectivity index is 2.32. The number of amides is 1. The van der Waals surface area contributed by atoms with Crippen molar-refractivity contribution in [3.63, 3.8) is 0 Å². The van der Waals surface area contributed by atoms with Crippen LogP contribution >= 0.6 is 0 Å². The van der Waals surface area contributed by atoms with Crippen molar-refractivity contribution in [2.45, 2.75) is 6.18 Å². The van der Waals surface area contributed by atoms with Crippen LogP contribution in [0.5, 0.6) is 0 Å². The first-order chi connectivity index (χ1) is 8.77. The number of nitrogens with zero attached hydrogens (tertiary/aromatic N) is 3. The fourth-order valence-electron chi connectivity index (χ4n) is 1.24. The molecule has 0 fully saturated rings. The molecule has 2 N–H and O–H groups in total. The van der Waals surface area contributed by atoms with Crippen LogP contribution in [0.4, 0.5) is 19.1 Å². The second kappa shape index (κ2) is 4.23. The number of aromatic nitrogens is 3. The van der Waals surface area contributed by atoms with Gasteiger partial charge in [-0.15, -0.1) is 5.10 Å². The number of carbonyl (C=O) groups excluding carboxylic acids is 1. The fourth-order valence-corrected chi connectivity index (χ4v) is 1.24. The molecule has 19 heavy (non-hydrogen) atoms. The third-order valence-corrected chi connectivity index (χ3v) is 2.07. The Bertz CT molecular complexity index is 664. The zero-order valence-electron chi connectivity index (χ0n) is 8.97. The van der Waals surface area contributed by atoms with E-state index in [0.717, 1.165) is 10.6 Å². The van der Waals surface area contributed by atoms with Gasteiger partial charge in [-0.25, -0.2) is 9.31 Å². The fraction of sp³-hybridized carbons (Fsp3) is 0.111. The van der Waals surface area contributed by atoms with Gasteiger partial charge in [-0.3, -0.25) is 10.1 Å². The average Bonchev–Trinajstić information content (AvgIpc) is 2.68. The first-order valence-electron chi connectivity index (χ1n) is 4.75. The van der Waals surface area contributed by atoms with Crippen molar-refractivity contribution in [1.82, 2.24) is 14.6 Å². The molecule has 7 nitrogen and oxygen atoms in total. The van der Waals surface area contributed by atoms with E-state index in [1.807, 2.05) is 0 Å².